The van der Waals surface area contributed by atoms with Crippen LogP contribution in [0.5, 0.6) is 0 Å². The first kappa shape index (κ1) is 32.2. The Balaban J connectivity index is 4.85. The van der Waals surface area contributed by atoms with Crippen LogP contribution in [0.15, 0.2) is 4.99 Å². The lowest BCUT2D eigenvalue weighted by molar-refractivity contribution is -0.123. The van der Waals surface area contributed by atoms with Crippen molar-refractivity contribution in [2.45, 2.75) is 63.5 Å². The van der Waals surface area contributed by atoms with Crippen LogP contribution >= 0.6 is 0 Å². The number of carbonyl (C=O) groups is 3. The zero-order chi connectivity index (χ0) is 26.5. The van der Waals surface area contributed by atoms with Crippen molar-refractivity contribution in [2.75, 3.05) is 45.9 Å². The molecule has 0 rings (SSSR count). The number of nitrogens with one attached hydrogen (secondary N) is 1. The van der Waals surface area contributed by atoms with Gasteiger partial charge in [-0.25, -0.2) is 9.59 Å². The number of guanidine groups is 1. The van der Waals surface area contributed by atoms with Crippen LogP contribution in [-0.2, 0) is 14.3 Å². The Labute approximate surface area is 206 Å². The summed E-state index contributed by atoms with van der Waals surface area (Å²) in [5.74, 6) is -0.446. The largest absolute Gasteiger partial charge is 0.505 e. The molecule has 0 aromatic rings. The normalized spacial score (nSPS) is 12.3. The van der Waals surface area contributed by atoms with E-state index in [4.69, 9.17) is 38.5 Å². The maximum atomic E-state index is 12.7. The molecule has 0 aliphatic carbocycles. The zero-order valence-electron chi connectivity index (χ0n) is 20.5. The van der Waals surface area contributed by atoms with Crippen LogP contribution in [0.4, 0.5) is 9.59 Å². The molecular weight excluding hydrogens is 460 g/mol. The molecule has 0 radical (unpaired) electrons. The Bertz CT molecular complexity index is 633. The quantitative estimate of drug-likeness (QED) is 0.0469. The SMILES string of the molecule is NCCCCCN(CC(=O)N[C@H](CCCCN)COC(=O)O)C(=O)OC[C@@H](N)CCCN=C(N)N. The van der Waals surface area contributed by atoms with Gasteiger partial charge in [-0.3, -0.25) is 14.7 Å². The molecule has 0 fully saturated rings. The van der Waals surface area contributed by atoms with Gasteiger partial charge in [0.25, 0.3) is 0 Å². The molecule has 0 bridgehead atoms. The highest BCUT2D eigenvalue weighted by Crippen LogP contribution is 2.05. The van der Waals surface area contributed by atoms with Gasteiger partial charge in [0.1, 0.15) is 19.8 Å². The number of nitrogens with two attached hydrogens (primary N) is 5. The summed E-state index contributed by atoms with van der Waals surface area (Å²) in [7, 11) is 0. The molecule has 2 atom stereocenters. The Morgan fingerprint density at radius 2 is 1.60 bits per heavy atom. The van der Waals surface area contributed by atoms with Crippen LogP contribution in [-0.4, -0.2) is 92.1 Å². The number of rotatable bonds is 20. The summed E-state index contributed by atoms with van der Waals surface area (Å²) >= 11 is 0. The number of carboxylic acid groups (broad SMARTS) is 1. The summed E-state index contributed by atoms with van der Waals surface area (Å²) in [6.07, 6.45) is 3.24. The van der Waals surface area contributed by atoms with Crippen LogP contribution in [0.1, 0.15) is 51.4 Å². The topological polar surface area (TPSA) is 248 Å². The maximum absolute atomic E-state index is 12.7. The van der Waals surface area contributed by atoms with E-state index in [-0.39, 0.29) is 25.7 Å². The molecular formula is C21H44N8O6. The van der Waals surface area contributed by atoms with E-state index in [0.29, 0.717) is 58.3 Å². The minimum Gasteiger partial charge on any atom is -0.450 e. The number of hydrogen-bond donors (Lipinski definition) is 7. The highest BCUT2D eigenvalue weighted by Gasteiger charge is 2.22. The third kappa shape index (κ3) is 19.2. The Morgan fingerprint density at radius 3 is 2.23 bits per heavy atom. The van der Waals surface area contributed by atoms with Crippen LogP contribution in [0.3, 0.4) is 0 Å². The number of amides is 2. The molecule has 14 heteroatoms. The summed E-state index contributed by atoms with van der Waals surface area (Å²) in [5, 5.41) is 11.5. The highest BCUT2D eigenvalue weighted by molar-refractivity contribution is 5.82. The minimum atomic E-state index is -1.43. The smallest absolute Gasteiger partial charge is 0.450 e. The second-order valence-corrected chi connectivity index (χ2v) is 8.18. The van der Waals surface area contributed by atoms with E-state index in [2.05, 4.69) is 15.0 Å². The molecule has 204 valence electrons. The van der Waals surface area contributed by atoms with Gasteiger partial charge in [0.15, 0.2) is 5.96 Å². The molecule has 0 heterocycles. The highest BCUT2D eigenvalue weighted by atomic mass is 16.7. The van der Waals surface area contributed by atoms with E-state index in [9.17, 15) is 14.4 Å². The lowest BCUT2D eigenvalue weighted by atomic mass is 10.1. The van der Waals surface area contributed by atoms with Crippen LogP contribution in [0.25, 0.3) is 0 Å². The first-order valence-electron chi connectivity index (χ1n) is 12.0. The van der Waals surface area contributed by atoms with Gasteiger partial charge in [-0.15, -0.1) is 0 Å². The Morgan fingerprint density at radius 1 is 0.914 bits per heavy atom. The fourth-order valence-electron chi connectivity index (χ4n) is 3.12. The number of carbonyl (C=O) groups excluding carboxylic acids is 2. The molecule has 0 unspecified atom stereocenters. The molecule has 14 nitrogen and oxygen atoms in total. The lowest BCUT2D eigenvalue weighted by Crippen LogP contribution is -2.46. The summed E-state index contributed by atoms with van der Waals surface area (Å²) < 4.78 is 9.94. The van der Waals surface area contributed by atoms with Gasteiger partial charge in [0, 0.05) is 19.1 Å². The average Bonchev–Trinajstić information content (AvgIpc) is 2.80. The Hall–Kier alpha value is -2.84. The third-order valence-corrected chi connectivity index (χ3v) is 4.95. The molecule has 0 spiro atoms. The van der Waals surface area contributed by atoms with E-state index >= 15 is 0 Å². The van der Waals surface area contributed by atoms with Crippen molar-refractivity contribution in [1.82, 2.24) is 10.2 Å². The molecule has 35 heavy (non-hydrogen) atoms. The predicted octanol–water partition coefficient (Wildman–Crippen LogP) is -0.757. The van der Waals surface area contributed by atoms with Crippen molar-refractivity contribution in [1.29, 1.82) is 0 Å². The summed E-state index contributed by atoms with van der Waals surface area (Å²) in [6, 6.07) is -0.931. The summed E-state index contributed by atoms with van der Waals surface area (Å²) in [6.45, 7) is 1.29. The van der Waals surface area contributed by atoms with Crippen molar-refractivity contribution in [3.05, 3.63) is 0 Å². The van der Waals surface area contributed by atoms with Crippen LogP contribution < -0.4 is 34.0 Å². The van der Waals surface area contributed by atoms with E-state index in [1.165, 1.54) is 4.90 Å². The van der Waals surface area contributed by atoms with Gasteiger partial charge >= 0.3 is 12.2 Å². The van der Waals surface area contributed by atoms with Crippen molar-refractivity contribution >= 4 is 24.1 Å². The number of aliphatic imine (C=N–C) groups is 1. The zero-order valence-corrected chi connectivity index (χ0v) is 20.5. The molecule has 0 aliphatic heterocycles. The summed E-state index contributed by atoms with van der Waals surface area (Å²) in [4.78, 5) is 41.2. The second-order valence-electron chi connectivity index (χ2n) is 8.18. The maximum Gasteiger partial charge on any atom is 0.505 e. The van der Waals surface area contributed by atoms with E-state index in [1.54, 1.807) is 0 Å². The number of hydrogen-bond acceptors (Lipinski definition) is 9. The van der Waals surface area contributed by atoms with Gasteiger partial charge in [-0.05, 0) is 51.6 Å². The standard InChI is InChI=1S/C21H44N8O6/c22-9-3-1-5-12-29(20(31)34-14-16(24)7-6-11-27-19(25)26)13-18(30)28-17(8-2-4-10-23)15-35-21(32)33/h16-17H,1-15,22-24H2,(H,28,30)(H,32,33)(H4,25,26,27)/t16-,17+/m0/s1. The van der Waals surface area contributed by atoms with Gasteiger partial charge < -0.3 is 48.6 Å². The minimum absolute atomic E-state index is 0.00435. The first-order chi connectivity index (χ1) is 16.7. The van der Waals surface area contributed by atoms with Gasteiger partial charge in [-0.2, -0.15) is 0 Å². The van der Waals surface area contributed by atoms with E-state index in [1.807, 2.05) is 0 Å². The van der Waals surface area contributed by atoms with E-state index < -0.39 is 30.2 Å². The Kier molecular flexibility index (Phi) is 18.9. The predicted molar refractivity (Wildman–Crippen MR) is 133 cm³/mol. The molecule has 0 saturated heterocycles. The monoisotopic (exact) mass is 504 g/mol. The number of ether oxygens (including phenoxy) is 2. The lowest BCUT2D eigenvalue weighted by Gasteiger charge is -2.24. The molecule has 0 saturated carbocycles. The molecule has 0 aliphatic rings. The molecule has 0 aromatic carbocycles. The van der Waals surface area contributed by atoms with Gasteiger partial charge in [-0.1, -0.05) is 12.8 Å². The average molecular weight is 505 g/mol. The third-order valence-electron chi connectivity index (χ3n) is 4.95. The van der Waals surface area contributed by atoms with Crippen molar-refractivity contribution < 1.29 is 29.0 Å². The first-order valence-corrected chi connectivity index (χ1v) is 12.0. The number of nitrogens with zero attached hydrogens (tertiary/aromatic N) is 2. The van der Waals surface area contributed by atoms with Gasteiger partial charge in [0.2, 0.25) is 5.91 Å². The molecule has 12 N–H and O–H groups in total. The van der Waals surface area contributed by atoms with Crippen LogP contribution in [0, 0.1) is 0 Å². The second kappa shape index (κ2) is 20.5. The number of unbranched alkanes of at least 4 members (excludes halogenated alkanes) is 3. The fourth-order valence-corrected chi connectivity index (χ4v) is 3.12. The summed E-state index contributed by atoms with van der Waals surface area (Å²) in [5.41, 5.74) is 27.6. The molecule has 0 aromatic heterocycles. The van der Waals surface area contributed by atoms with E-state index in [0.717, 1.165) is 19.3 Å². The van der Waals surface area contributed by atoms with Crippen LogP contribution in [0.2, 0.25) is 0 Å². The molecule has 2 amide bonds. The van der Waals surface area contributed by atoms with Crippen molar-refractivity contribution in [3.8, 4) is 0 Å². The fraction of sp³-hybridized carbons (Fsp3) is 0.810. The van der Waals surface area contributed by atoms with Gasteiger partial charge in [0.05, 0.1) is 6.04 Å². The van der Waals surface area contributed by atoms with Crippen molar-refractivity contribution in [3.63, 3.8) is 0 Å². The van der Waals surface area contributed by atoms with Crippen molar-refractivity contribution in [2.24, 2.45) is 33.7 Å².